The second kappa shape index (κ2) is 5.75. The average Bonchev–Trinajstić information content (AvgIpc) is 2.25. The minimum atomic E-state index is -0.954. The van der Waals surface area contributed by atoms with E-state index in [0.29, 0.717) is 12.2 Å². The van der Waals surface area contributed by atoms with Crippen LogP contribution in [0.4, 0.5) is 0 Å². The minimum Gasteiger partial charge on any atom is -0.496 e. The topological polar surface area (TPSA) is 46.5 Å². The Balaban J connectivity index is 3.18. The number of carboxylic acids is 1. The van der Waals surface area contributed by atoms with Gasteiger partial charge in [0.05, 0.1) is 7.11 Å². The molecule has 0 heterocycles. The Hall–Kier alpha value is -1.04. The molecule has 0 aliphatic heterocycles. The zero-order chi connectivity index (χ0) is 11.3. The third-order valence-electron chi connectivity index (χ3n) is 1.97. The SMILES string of the molecule is COc1cccc(C/C=C/I)c1C(=O)O. The summed E-state index contributed by atoms with van der Waals surface area (Å²) in [6.45, 7) is 0. The molecule has 1 rings (SSSR count). The lowest BCUT2D eigenvalue weighted by Gasteiger charge is -2.08. The van der Waals surface area contributed by atoms with E-state index >= 15 is 0 Å². The molecule has 80 valence electrons. The van der Waals surface area contributed by atoms with Crippen LogP contribution in [0.25, 0.3) is 0 Å². The Morgan fingerprint density at radius 2 is 2.33 bits per heavy atom. The molecule has 0 amide bonds. The van der Waals surface area contributed by atoms with E-state index in [-0.39, 0.29) is 5.56 Å². The summed E-state index contributed by atoms with van der Waals surface area (Å²) in [5.41, 5.74) is 1.00. The Kier molecular flexibility index (Phi) is 4.61. The van der Waals surface area contributed by atoms with Gasteiger partial charge < -0.3 is 9.84 Å². The molecule has 0 fully saturated rings. The van der Waals surface area contributed by atoms with E-state index in [1.165, 1.54) is 7.11 Å². The van der Waals surface area contributed by atoms with Crippen LogP contribution >= 0.6 is 22.6 Å². The van der Waals surface area contributed by atoms with Crippen molar-refractivity contribution in [3.05, 3.63) is 39.5 Å². The third kappa shape index (κ3) is 2.95. The molecule has 4 heteroatoms. The first kappa shape index (κ1) is 12.0. The Morgan fingerprint density at radius 3 is 2.87 bits per heavy atom. The molecule has 1 N–H and O–H groups in total. The number of allylic oxidation sites excluding steroid dienone is 1. The summed E-state index contributed by atoms with van der Waals surface area (Å²) in [4.78, 5) is 11.1. The number of hydrogen-bond donors (Lipinski definition) is 1. The molecule has 0 radical (unpaired) electrons. The van der Waals surface area contributed by atoms with Crippen LogP contribution in [-0.4, -0.2) is 18.2 Å². The summed E-state index contributed by atoms with van der Waals surface area (Å²) in [5.74, 6) is -0.550. The molecule has 0 atom stereocenters. The number of ether oxygens (including phenoxy) is 1. The fraction of sp³-hybridized carbons (Fsp3) is 0.182. The summed E-state index contributed by atoms with van der Waals surface area (Å²) in [7, 11) is 1.47. The number of rotatable bonds is 4. The van der Waals surface area contributed by atoms with E-state index in [9.17, 15) is 4.79 Å². The highest BCUT2D eigenvalue weighted by molar-refractivity contribution is 14.1. The van der Waals surface area contributed by atoms with Gasteiger partial charge in [-0.3, -0.25) is 0 Å². The second-order valence-corrected chi connectivity index (χ2v) is 3.58. The fourth-order valence-corrected chi connectivity index (χ4v) is 1.59. The molecule has 0 aliphatic carbocycles. The van der Waals surface area contributed by atoms with Gasteiger partial charge in [0.15, 0.2) is 0 Å². The molecule has 0 spiro atoms. The van der Waals surface area contributed by atoms with Crippen LogP contribution in [0.15, 0.2) is 28.4 Å². The first-order chi connectivity index (χ1) is 7.20. The molecule has 0 aromatic heterocycles. The van der Waals surface area contributed by atoms with Crippen molar-refractivity contribution in [1.82, 2.24) is 0 Å². The number of methoxy groups -OCH3 is 1. The highest BCUT2D eigenvalue weighted by atomic mass is 127. The summed E-state index contributed by atoms with van der Waals surface area (Å²) in [6, 6.07) is 5.24. The summed E-state index contributed by atoms with van der Waals surface area (Å²) in [6.07, 6.45) is 2.50. The quantitative estimate of drug-likeness (QED) is 0.869. The van der Waals surface area contributed by atoms with E-state index in [4.69, 9.17) is 9.84 Å². The predicted octanol–water partition coefficient (Wildman–Crippen LogP) is 2.88. The van der Waals surface area contributed by atoms with E-state index in [2.05, 4.69) is 22.6 Å². The van der Waals surface area contributed by atoms with Crippen LogP contribution in [0.5, 0.6) is 5.75 Å². The maximum Gasteiger partial charge on any atom is 0.339 e. The van der Waals surface area contributed by atoms with Gasteiger partial charge in [-0.2, -0.15) is 0 Å². The number of carboxylic acid groups (broad SMARTS) is 1. The average molecular weight is 318 g/mol. The van der Waals surface area contributed by atoms with E-state index in [1.807, 2.05) is 10.2 Å². The molecule has 0 aliphatic rings. The molecule has 1 aromatic carbocycles. The van der Waals surface area contributed by atoms with Crippen LogP contribution in [0.1, 0.15) is 15.9 Å². The highest BCUT2D eigenvalue weighted by Crippen LogP contribution is 2.22. The van der Waals surface area contributed by atoms with Crippen LogP contribution in [0, 0.1) is 0 Å². The Morgan fingerprint density at radius 1 is 1.60 bits per heavy atom. The molecule has 0 saturated carbocycles. The van der Waals surface area contributed by atoms with Gasteiger partial charge in [-0.1, -0.05) is 40.8 Å². The maximum atomic E-state index is 11.1. The monoisotopic (exact) mass is 318 g/mol. The lowest BCUT2D eigenvalue weighted by molar-refractivity contribution is 0.0692. The molecule has 1 aromatic rings. The van der Waals surface area contributed by atoms with Gasteiger partial charge in [-0.25, -0.2) is 4.79 Å². The van der Waals surface area contributed by atoms with E-state index < -0.39 is 5.97 Å². The zero-order valence-corrected chi connectivity index (χ0v) is 10.4. The van der Waals surface area contributed by atoms with Crippen LogP contribution in [-0.2, 0) is 6.42 Å². The van der Waals surface area contributed by atoms with Crippen molar-refractivity contribution in [2.75, 3.05) is 7.11 Å². The summed E-state index contributed by atoms with van der Waals surface area (Å²) >= 11 is 2.10. The van der Waals surface area contributed by atoms with Gasteiger partial charge >= 0.3 is 5.97 Å². The normalized spacial score (nSPS) is 10.5. The number of benzene rings is 1. The van der Waals surface area contributed by atoms with Crippen molar-refractivity contribution in [2.24, 2.45) is 0 Å². The summed E-state index contributed by atoms with van der Waals surface area (Å²) < 4.78 is 6.88. The molecular weight excluding hydrogens is 307 g/mol. The molecule has 0 saturated heterocycles. The standard InChI is InChI=1S/C11H11IO3/c1-15-9-6-2-4-8(5-3-7-12)10(9)11(13)14/h2-4,6-7H,5H2,1H3,(H,13,14)/b7-3+. The largest absolute Gasteiger partial charge is 0.496 e. The number of halogens is 1. The summed E-state index contributed by atoms with van der Waals surface area (Å²) in [5, 5.41) is 9.07. The highest BCUT2D eigenvalue weighted by Gasteiger charge is 2.14. The van der Waals surface area contributed by atoms with Crippen LogP contribution in [0.3, 0.4) is 0 Å². The number of aromatic carboxylic acids is 1. The van der Waals surface area contributed by atoms with Gasteiger partial charge in [-0.15, -0.1) is 0 Å². The van der Waals surface area contributed by atoms with Crippen molar-refractivity contribution in [3.63, 3.8) is 0 Å². The Labute approximate surface area is 102 Å². The van der Waals surface area contributed by atoms with Gasteiger partial charge in [0, 0.05) is 0 Å². The van der Waals surface area contributed by atoms with Gasteiger partial charge in [0.25, 0.3) is 0 Å². The van der Waals surface area contributed by atoms with Crippen LogP contribution in [0.2, 0.25) is 0 Å². The van der Waals surface area contributed by atoms with E-state index in [0.717, 1.165) is 5.56 Å². The lowest BCUT2D eigenvalue weighted by Crippen LogP contribution is -2.04. The molecule has 15 heavy (non-hydrogen) atoms. The molecule has 3 nitrogen and oxygen atoms in total. The number of carbonyl (C=O) groups is 1. The van der Waals surface area contributed by atoms with Gasteiger partial charge in [0.1, 0.15) is 11.3 Å². The maximum absolute atomic E-state index is 11.1. The van der Waals surface area contributed by atoms with Crippen LogP contribution < -0.4 is 4.74 Å². The number of hydrogen-bond acceptors (Lipinski definition) is 2. The van der Waals surface area contributed by atoms with Crippen molar-refractivity contribution < 1.29 is 14.6 Å². The Bertz CT molecular complexity index is 385. The van der Waals surface area contributed by atoms with Crippen molar-refractivity contribution in [1.29, 1.82) is 0 Å². The van der Waals surface area contributed by atoms with E-state index in [1.54, 1.807) is 18.2 Å². The predicted molar refractivity (Wildman–Crippen MR) is 66.8 cm³/mol. The zero-order valence-electron chi connectivity index (χ0n) is 8.24. The van der Waals surface area contributed by atoms with Crippen molar-refractivity contribution in [3.8, 4) is 5.75 Å². The minimum absolute atomic E-state index is 0.245. The smallest absolute Gasteiger partial charge is 0.339 e. The third-order valence-corrected chi connectivity index (χ3v) is 2.48. The van der Waals surface area contributed by atoms with Crippen molar-refractivity contribution in [2.45, 2.75) is 6.42 Å². The second-order valence-electron chi connectivity index (χ2n) is 2.87. The molecule has 0 unspecified atom stereocenters. The first-order valence-corrected chi connectivity index (χ1v) is 5.59. The first-order valence-electron chi connectivity index (χ1n) is 4.35. The fourth-order valence-electron chi connectivity index (χ4n) is 1.33. The van der Waals surface area contributed by atoms with Crippen molar-refractivity contribution >= 4 is 28.6 Å². The molecular formula is C11H11IO3. The lowest BCUT2D eigenvalue weighted by atomic mass is 10.0. The van der Waals surface area contributed by atoms with Gasteiger partial charge in [-0.05, 0) is 22.1 Å². The molecule has 0 bridgehead atoms. The van der Waals surface area contributed by atoms with Gasteiger partial charge in [0.2, 0.25) is 0 Å².